The first kappa shape index (κ1) is 21.1. The Balaban J connectivity index is 1.52. The third kappa shape index (κ3) is 5.68. The zero-order chi connectivity index (χ0) is 20.9. The topological polar surface area (TPSA) is 94.6 Å². The molecule has 3 rings (SSSR count). The van der Waals surface area contributed by atoms with Crippen molar-refractivity contribution in [2.45, 2.75) is 24.7 Å². The molecule has 7 nitrogen and oxygen atoms in total. The van der Waals surface area contributed by atoms with Gasteiger partial charge in [-0.15, -0.1) is 0 Å². The van der Waals surface area contributed by atoms with Gasteiger partial charge < -0.3 is 14.8 Å². The Hall–Kier alpha value is -2.65. The fraction of sp³-hybridized carbons (Fsp3) is 0.300. The lowest BCUT2D eigenvalue weighted by atomic mass is 10.3. The third-order valence-corrected chi connectivity index (χ3v) is 6.03. The van der Waals surface area contributed by atoms with Crippen molar-refractivity contribution in [1.82, 2.24) is 4.98 Å². The Morgan fingerprint density at radius 2 is 1.86 bits per heavy atom. The second-order valence-electron chi connectivity index (χ2n) is 6.30. The standard InChI is InChI=1S/C20H22N2O5S2/c1-3-26-16-7-4-5-8-17(16)27-12-6-9-19(23)22-20-21-15-11-10-14(29(2,24)25)13-18(15)28-20/h4-5,7-8,10-11,13H,3,6,9,12H2,1-2H3,(H,21,22,23). The molecule has 0 unspecified atom stereocenters. The van der Waals surface area contributed by atoms with Crippen LogP contribution in [0.2, 0.25) is 0 Å². The van der Waals surface area contributed by atoms with E-state index < -0.39 is 9.84 Å². The van der Waals surface area contributed by atoms with Crippen molar-refractivity contribution in [1.29, 1.82) is 0 Å². The lowest BCUT2D eigenvalue weighted by Crippen LogP contribution is -2.12. The number of aromatic nitrogens is 1. The molecule has 29 heavy (non-hydrogen) atoms. The Morgan fingerprint density at radius 3 is 2.55 bits per heavy atom. The van der Waals surface area contributed by atoms with Gasteiger partial charge in [-0.25, -0.2) is 13.4 Å². The first-order valence-corrected chi connectivity index (χ1v) is 11.8. The van der Waals surface area contributed by atoms with Crippen molar-refractivity contribution in [3.05, 3.63) is 42.5 Å². The van der Waals surface area contributed by atoms with Gasteiger partial charge in [-0.05, 0) is 43.7 Å². The number of benzene rings is 2. The summed E-state index contributed by atoms with van der Waals surface area (Å²) in [4.78, 5) is 16.7. The number of hydrogen-bond acceptors (Lipinski definition) is 7. The fourth-order valence-corrected chi connectivity index (χ4v) is 4.27. The van der Waals surface area contributed by atoms with Gasteiger partial charge in [0.05, 0.1) is 28.3 Å². The number of anilines is 1. The summed E-state index contributed by atoms with van der Waals surface area (Å²) in [7, 11) is -3.28. The quantitative estimate of drug-likeness (QED) is 0.513. The molecule has 2 aromatic carbocycles. The maximum absolute atomic E-state index is 12.2. The van der Waals surface area contributed by atoms with Crippen molar-refractivity contribution < 1.29 is 22.7 Å². The van der Waals surface area contributed by atoms with Gasteiger partial charge in [-0.1, -0.05) is 23.5 Å². The molecule has 0 atom stereocenters. The summed E-state index contributed by atoms with van der Waals surface area (Å²) in [5, 5.41) is 3.20. The van der Waals surface area contributed by atoms with Crippen LogP contribution in [-0.4, -0.2) is 38.8 Å². The molecule has 1 heterocycles. The number of sulfone groups is 1. The van der Waals surface area contributed by atoms with Crippen LogP contribution in [0.5, 0.6) is 11.5 Å². The molecule has 0 saturated carbocycles. The van der Waals surface area contributed by atoms with Crippen LogP contribution in [-0.2, 0) is 14.6 Å². The van der Waals surface area contributed by atoms with E-state index in [-0.39, 0.29) is 17.2 Å². The maximum Gasteiger partial charge on any atom is 0.226 e. The van der Waals surface area contributed by atoms with E-state index in [0.29, 0.717) is 46.5 Å². The van der Waals surface area contributed by atoms with Crippen LogP contribution in [0, 0.1) is 0 Å². The predicted octanol–water partition coefficient (Wildman–Crippen LogP) is 3.90. The number of carbonyl (C=O) groups is 1. The van der Waals surface area contributed by atoms with Crippen LogP contribution < -0.4 is 14.8 Å². The molecule has 1 N–H and O–H groups in total. The zero-order valence-corrected chi connectivity index (χ0v) is 17.8. The van der Waals surface area contributed by atoms with Crippen LogP contribution in [0.3, 0.4) is 0 Å². The zero-order valence-electron chi connectivity index (χ0n) is 16.2. The summed E-state index contributed by atoms with van der Waals surface area (Å²) < 4.78 is 35.2. The second kappa shape index (κ2) is 9.23. The predicted molar refractivity (Wildman–Crippen MR) is 114 cm³/mol. The lowest BCUT2D eigenvalue weighted by Gasteiger charge is -2.11. The Labute approximate surface area is 173 Å². The molecule has 1 aromatic heterocycles. The number of nitrogens with zero attached hydrogens (tertiary/aromatic N) is 1. The number of amides is 1. The van der Waals surface area contributed by atoms with Crippen molar-refractivity contribution in [2.24, 2.45) is 0 Å². The molecule has 0 radical (unpaired) electrons. The Kier molecular flexibility index (Phi) is 6.71. The van der Waals surface area contributed by atoms with Crippen LogP contribution in [0.25, 0.3) is 10.2 Å². The van der Waals surface area contributed by atoms with E-state index in [1.165, 1.54) is 17.4 Å². The van der Waals surface area contributed by atoms with E-state index in [1.807, 2.05) is 31.2 Å². The molecular formula is C20H22N2O5S2. The highest BCUT2D eigenvalue weighted by Gasteiger charge is 2.12. The summed E-state index contributed by atoms with van der Waals surface area (Å²) >= 11 is 1.24. The second-order valence-corrected chi connectivity index (χ2v) is 9.35. The minimum absolute atomic E-state index is 0.172. The van der Waals surface area contributed by atoms with Crippen LogP contribution >= 0.6 is 11.3 Å². The minimum atomic E-state index is -3.28. The number of rotatable bonds is 9. The number of nitrogens with one attached hydrogen (secondary N) is 1. The molecule has 1 amide bonds. The smallest absolute Gasteiger partial charge is 0.226 e. The molecule has 9 heteroatoms. The molecule has 3 aromatic rings. The molecule has 0 spiro atoms. The number of carbonyl (C=O) groups excluding carboxylic acids is 1. The van der Waals surface area contributed by atoms with Gasteiger partial charge in [0.15, 0.2) is 26.5 Å². The van der Waals surface area contributed by atoms with Gasteiger partial charge in [0, 0.05) is 12.7 Å². The van der Waals surface area contributed by atoms with Crippen LogP contribution in [0.4, 0.5) is 5.13 Å². The molecular weight excluding hydrogens is 412 g/mol. The van der Waals surface area contributed by atoms with E-state index >= 15 is 0 Å². The average Bonchev–Trinajstić information content (AvgIpc) is 3.07. The number of para-hydroxylation sites is 2. The van der Waals surface area contributed by atoms with Crippen molar-refractivity contribution in [3.8, 4) is 11.5 Å². The van der Waals surface area contributed by atoms with Gasteiger partial charge in [0.1, 0.15) is 0 Å². The van der Waals surface area contributed by atoms with Gasteiger partial charge >= 0.3 is 0 Å². The lowest BCUT2D eigenvalue weighted by molar-refractivity contribution is -0.116. The molecule has 0 saturated heterocycles. The van der Waals surface area contributed by atoms with E-state index in [2.05, 4.69) is 10.3 Å². The number of ether oxygens (including phenoxy) is 2. The van der Waals surface area contributed by atoms with Gasteiger partial charge in [-0.3, -0.25) is 4.79 Å². The van der Waals surface area contributed by atoms with E-state index in [1.54, 1.807) is 12.1 Å². The molecule has 0 bridgehead atoms. The van der Waals surface area contributed by atoms with Crippen LogP contribution in [0.15, 0.2) is 47.4 Å². The highest BCUT2D eigenvalue weighted by Crippen LogP contribution is 2.29. The molecule has 0 aliphatic carbocycles. The summed E-state index contributed by atoms with van der Waals surface area (Å²) in [5.41, 5.74) is 0.647. The average molecular weight is 435 g/mol. The SMILES string of the molecule is CCOc1ccccc1OCCCC(=O)Nc1nc2ccc(S(C)(=O)=O)cc2s1. The summed E-state index contributed by atoms with van der Waals surface area (Å²) in [6.45, 7) is 2.84. The van der Waals surface area contributed by atoms with Gasteiger partial charge in [-0.2, -0.15) is 0 Å². The van der Waals surface area contributed by atoms with Gasteiger partial charge in [0.25, 0.3) is 0 Å². The Morgan fingerprint density at radius 1 is 1.14 bits per heavy atom. The van der Waals surface area contributed by atoms with Crippen LogP contribution in [0.1, 0.15) is 19.8 Å². The summed E-state index contributed by atoms with van der Waals surface area (Å²) in [6.07, 6.45) is 1.98. The summed E-state index contributed by atoms with van der Waals surface area (Å²) in [5.74, 6) is 1.17. The molecule has 154 valence electrons. The van der Waals surface area contributed by atoms with E-state index in [9.17, 15) is 13.2 Å². The Bertz CT molecular complexity index is 1110. The van der Waals surface area contributed by atoms with Gasteiger partial charge in [0.2, 0.25) is 5.91 Å². The monoisotopic (exact) mass is 434 g/mol. The highest BCUT2D eigenvalue weighted by molar-refractivity contribution is 7.90. The normalized spacial score (nSPS) is 11.4. The number of hydrogen-bond donors (Lipinski definition) is 1. The summed E-state index contributed by atoms with van der Waals surface area (Å²) in [6, 6.07) is 12.1. The van der Waals surface area contributed by atoms with Crippen molar-refractivity contribution >= 4 is 42.4 Å². The fourth-order valence-electron chi connectivity index (χ4n) is 2.63. The first-order chi connectivity index (χ1) is 13.9. The van der Waals surface area contributed by atoms with E-state index in [0.717, 1.165) is 6.26 Å². The molecule has 0 aliphatic heterocycles. The third-order valence-electron chi connectivity index (χ3n) is 3.99. The number of fused-ring (bicyclic) bond motifs is 1. The molecule has 0 aliphatic rings. The van der Waals surface area contributed by atoms with Crippen molar-refractivity contribution in [2.75, 3.05) is 24.8 Å². The minimum Gasteiger partial charge on any atom is -0.490 e. The largest absolute Gasteiger partial charge is 0.490 e. The maximum atomic E-state index is 12.2. The number of thiazole rings is 1. The molecule has 0 fully saturated rings. The highest BCUT2D eigenvalue weighted by atomic mass is 32.2. The first-order valence-electron chi connectivity index (χ1n) is 9.12. The van der Waals surface area contributed by atoms with E-state index in [4.69, 9.17) is 9.47 Å². The van der Waals surface area contributed by atoms with Crippen molar-refractivity contribution in [3.63, 3.8) is 0 Å².